The Morgan fingerprint density at radius 3 is 3.00 bits per heavy atom. The molecule has 0 saturated carbocycles. The SMILES string of the molecule is Oc1cccc(OC[C@@H](O)[C@@H]2CCCCN2)c1. The first kappa shape index (κ1) is 12.2. The molecule has 4 nitrogen and oxygen atoms in total. The molecule has 0 radical (unpaired) electrons. The molecule has 1 aromatic carbocycles. The summed E-state index contributed by atoms with van der Waals surface area (Å²) in [7, 11) is 0. The van der Waals surface area contributed by atoms with Crippen molar-refractivity contribution in [3.8, 4) is 11.5 Å². The normalized spacial score (nSPS) is 22.1. The fourth-order valence-electron chi connectivity index (χ4n) is 2.08. The second-order valence-corrected chi connectivity index (χ2v) is 4.43. The Hall–Kier alpha value is -1.26. The van der Waals surface area contributed by atoms with E-state index in [4.69, 9.17) is 4.74 Å². The Morgan fingerprint density at radius 2 is 2.29 bits per heavy atom. The van der Waals surface area contributed by atoms with Gasteiger partial charge in [0.25, 0.3) is 0 Å². The Kier molecular flexibility index (Phi) is 4.23. The summed E-state index contributed by atoms with van der Waals surface area (Å²) < 4.78 is 5.45. The average Bonchev–Trinajstić information content (AvgIpc) is 2.37. The zero-order valence-electron chi connectivity index (χ0n) is 9.80. The topological polar surface area (TPSA) is 61.7 Å². The number of hydrogen-bond acceptors (Lipinski definition) is 4. The van der Waals surface area contributed by atoms with E-state index in [-0.39, 0.29) is 18.4 Å². The van der Waals surface area contributed by atoms with Gasteiger partial charge in [0.2, 0.25) is 0 Å². The van der Waals surface area contributed by atoms with Gasteiger partial charge in [-0.05, 0) is 31.5 Å². The second-order valence-electron chi connectivity index (χ2n) is 4.43. The number of ether oxygens (including phenoxy) is 1. The van der Waals surface area contributed by atoms with Crippen LogP contribution in [0.2, 0.25) is 0 Å². The van der Waals surface area contributed by atoms with Crippen LogP contribution < -0.4 is 10.1 Å². The largest absolute Gasteiger partial charge is 0.508 e. The number of piperidine rings is 1. The van der Waals surface area contributed by atoms with E-state index in [1.165, 1.54) is 6.42 Å². The first-order valence-electron chi connectivity index (χ1n) is 6.09. The highest BCUT2D eigenvalue weighted by molar-refractivity contribution is 5.31. The number of phenols is 1. The van der Waals surface area contributed by atoms with E-state index in [9.17, 15) is 10.2 Å². The van der Waals surface area contributed by atoms with Gasteiger partial charge in [-0.3, -0.25) is 0 Å². The lowest BCUT2D eigenvalue weighted by Crippen LogP contribution is -2.45. The van der Waals surface area contributed by atoms with Gasteiger partial charge in [0.15, 0.2) is 0 Å². The van der Waals surface area contributed by atoms with Gasteiger partial charge in [0, 0.05) is 12.1 Å². The minimum atomic E-state index is -0.502. The summed E-state index contributed by atoms with van der Waals surface area (Å²) in [6.45, 7) is 1.22. The molecule has 2 atom stereocenters. The van der Waals surface area contributed by atoms with Crippen molar-refractivity contribution < 1.29 is 14.9 Å². The molecule has 1 saturated heterocycles. The van der Waals surface area contributed by atoms with Crippen molar-refractivity contribution in [3.63, 3.8) is 0 Å². The Bertz CT molecular complexity index is 350. The van der Waals surface area contributed by atoms with E-state index in [1.807, 2.05) is 0 Å². The summed E-state index contributed by atoms with van der Waals surface area (Å²) in [4.78, 5) is 0. The van der Waals surface area contributed by atoms with Gasteiger partial charge in [0.1, 0.15) is 24.2 Å². The summed E-state index contributed by atoms with van der Waals surface area (Å²) in [5, 5.41) is 22.5. The molecule has 4 heteroatoms. The zero-order valence-corrected chi connectivity index (χ0v) is 9.80. The van der Waals surface area contributed by atoms with Crippen molar-refractivity contribution in [2.75, 3.05) is 13.2 Å². The number of benzene rings is 1. The predicted octanol–water partition coefficient (Wildman–Crippen LogP) is 1.27. The number of hydrogen-bond donors (Lipinski definition) is 3. The Labute approximate surface area is 101 Å². The molecule has 0 bridgehead atoms. The quantitative estimate of drug-likeness (QED) is 0.738. The van der Waals surface area contributed by atoms with Crippen LogP contribution in [0.4, 0.5) is 0 Å². The molecular weight excluding hydrogens is 218 g/mol. The van der Waals surface area contributed by atoms with Gasteiger partial charge >= 0.3 is 0 Å². The fourth-order valence-corrected chi connectivity index (χ4v) is 2.08. The molecule has 0 unspecified atom stereocenters. The summed E-state index contributed by atoms with van der Waals surface area (Å²) in [6, 6.07) is 6.74. The molecule has 2 rings (SSSR count). The average molecular weight is 237 g/mol. The third-order valence-corrected chi connectivity index (χ3v) is 3.05. The Morgan fingerprint density at radius 1 is 1.41 bits per heavy atom. The molecule has 1 aliphatic rings. The third-order valence-electron chi connectivity index (χ3n) is 3.05. The molecule has 1 aromatic rings. The molecule has 0 amide bonds. The summed E-state index contributed by atoms with van der Waals surface area (Å²) in [6.07, 6.45) is 2.82. The highest BCUT2D eigenvalue weighted by Crippen LogP contribution is 2.18. The van der Waals surface area contributed by atoms with Crippen molar-refractivity contribution in [2.24, 2.45) is 0 Å². The summed E-state index contributed by atoms with van der Waals surface area (Å²) >= 11 is 0. The summed E-state index contributed by atoms with van der Waals surface area (Å²) in [5.74, 6) is 0.757. The molecule has 1 aliphatic heterocycles. The first-order valence-corrected chi connectivity index (χ1v) is 6.09. The maximum Gasteiger partial charge on any atom is 0.123 e. The second kappa shape index (κ2) is 5.89. The molecule has 1 heterocycles. The van der Waals surface area contributed by atoms with E-state index in [0.717, 1.165) is 19.4 Å². The van der Waals surface area contributed by atoms with Gasteiger partial charge in [0.05, 0.1) is 0 Å². The number of aromatic hydroxyl groups is 1. The standard InChI is InChI=1S/C13H19NO3/c15-10-4-3-5-11(8-10)17-9-13(16)12-6-1-2-7-14-12/h3-5,8,12-16H,1-2,6-7,9H2/t12-,13+/m0/s1. The van der Waals surface area contributed by atoms with Crippen LogP contribution in [0.3, 0.4) is 0 Å². The van der Waals surface area contributed by atoms with Gasteiger partial charge in [-0.1, -0.05) is 12.5 Å². The van der Waals surface area contributed by atoms with Crippen LogP contribution in [0, 0.1) is 0 Å². The minimum absolute atomic E-state index is 0.126. The van der Waals surface area contributed by atoms with E-state index < -0.39 is 6.10 Å². The maximum absolute atomic E-state index is 9.95. The number of aliphatic hydroxyl groups excluding tert-OH is 1. The molecule has 3 N–H and O–H groups in total. The van der Waals surface area contributed by atoms with Crippen LogP contribution in [0.15, 0.2) is 24.3 Å². The molecule has 0 spiro atoms. The van der Waals surface area contributed by atoms with Crippen LogP contribution in [-0.2, 0) is 0 Å². The van der Waals surface area contributed by atoms with E-state index in [0.29, 0.717) is 5.75 Å². The molecule has 0 aliphatic carbocycles. The zero-order chi connectivity index (χ0) is 12.1. The van der Waals surface area contributed by atoms with Crippen molar-refractivity contribution in [1.29, 1.82) is 0 Å². The van der Waals surface area contributed by atoms with E-state index >= 15 is 0 Å². The summed E-state index contributed by atoms with van der Waals surface area (Å²) in [5.41, 5.74) is 0. The van der Waals surface area contributed by atoms with Crippen LogP contribution >= 0.6 is 0 Å². The molecule has 17 heavy (non-hydrogen) atoms. The minimum Gasteiger partial charge on any atom is -0.508 e. The molecule has 1 fully saturated rings. The predicted molar refractivity (Wildman–Crippen MR) is 65.3 cm³/mol. The number of aliphatic hydroxyl groups is 1. The van der Waals surface area contributed by atoms with Crippen molar-refractivity contribution >= 4 is 0 Å². The number of phenolic OH excluding ortho intramolecular Hbond substituents is 1. The smallest absolute Gasteiger partial charge is 0.123 e. The van der Waals surface area contributed by atoms with Gasteiger partial charge < -0.3 is 20.3 Å². The Balaban J connectivity index is 1.80. The molecule has 94 valence electrons. The lowest BCUT2D eigenvalue weighted by atomic mass is 10.0. The van der Waals surface area contributed by atoms with Gasteiger partial charge in [-0.2, -0.15) is 0 Å². The van der Waals surface area contributed by atoms with Crippen LogP contribution in [0.25, 0.3) is 0 Å². The van der Waals surface area contributed by atoms with Crippen LogP contribution in [0.1, 0.15) is 19.3 Å². The molecular formula is C13H19NO3. The van der Waals surface area contributed by atoms with Gasteiger partial charge in [-0.15, -0.1) is 0 Å². The lowest BCUT2D eigenvalue weighted by Gasteiger charge is -2.27. The third kappa shape index (κ3) is 3.61. The van der Waals surface area contributed by atoms with Crippen LogP contribution in [0.5, 0.6) is 11.5 Å². The van der Waals surface area contributed by atoms with Crippen molar-refractivity contribution in [2.45, 2.75) is 31.4 Å². The first-order chi connectivity index (χ1) is 8.25. The van der Waals surface area contributed by atoms with Crippen molar-refractivity contribution in [3.05, 3.63) is 24.3 Å². The number of rotatable bonds is 4. The molecule has 0 aromatic heterocycles. The van der Waals surface area contributed by atoms with E-state index in [1.54, 1.807) is 24.3 Å². The van der Waals surface area contributed by atoms with Crippen LogP contribution in [-0.4, -0.2) is 35.5 Å². The van der Waals surface area contributed by atoms with E-state index in [2.05, 4.69) is 5.32 Å². The van der Waals surface area contributed by atoms with Crippen molar-refractivity contribution in [1.82, 2.24) is 5.32 Å². The van der Waals surface area contributed by atoms with Gasteiger partial charge in [-0.25, -0.2) is 0 Å². The fraction of sp³-hybridized carbons (Fsp3) is 0.538. The lowest BCUT2D eigenvalue weighted by molar-refractivity contribution is 0.0638. The maximum atomic E-state index is 9.95. The highest BCUT2D eigenvalue weighted by Gasteiger charge is 2.21. The monoisotopic (exact) mass is 237 g/mol. The number of nitrogens with one attached hydrogen (secondary N) is 1. The highest BCUT2D eigenvalue weighted by atomic mass is 16.5.